The van der Waals surface area contributed by atoms with Gasteiger partial charge in [0.05, 0.1) is 6.10 Å². The smallest absolute Gasteiger partial charge is 0.145 e. The van der Waals surface area contributed by atoms with E-state index in [-0.39, 0.29) is 6.61 Å². The van der Waals surface area contributed by atoms with Gasteiger partial charge in [0.25, 0.3) is 0 Å². The van der Waals surface area contributed by atoms with E-state index in [1.165, 1.54) is 0 Å². The Hall–Kier alpha value is -1.61. The molecule has 0 saturated heterocycles. The first-order valence-electron chi connectivity index (χ1n) is 4.92. The summed E-state index contributed by atoms with van der Waals surface area (Å²) in [4.78, 5) is 4.25. The normalized spacial score (nSPS) is 12.7. The highest BCUT2D eigenvalue weighted by Gasteiger charge is 2.03. The summed E-state index contributed by atoms with van der Waals surface area (Å²) in [6.07, 6.45) is 1.27. The fourth-order valence-corrected chi connectivity index (χ4v) is 1.40. The zero-order chi connectivity index (χ0) is 10.7. The van der Waals surface area contributed by atoms with Crippen LogP contribution >= 0.6 is 0 Å². The summed E-state index contributed by atoms with van der Waals surface area (Å²) >= 11 is 0. The number of aliphatic hydroxyl groups is 1. The van der Waals surface area contributed by atoms with Crippen molar-refractivity contribution < 1.29 is 9.84 Å². The number of pyridine rings is 1. The second-order valence-electron chi connectivity index (χ2n) is 3.49. The van der Waals surface area contributed by atoms with E-state index in [1.807, 2.05) is 30.3 Å². The first-order chi connectivity index (χ1) is 7.27. The summed E-state index contributed by atoms with van der Waals surface area (Å²) in [5.74, 6) is 0.717. The number of hydrogen-bond donors (Lipinski definition) is 1. The Morgan fingerprint density at radius 3 is 2.93 bits per heavy atom. The fourth-order valence-electron chi connectivity index (χ4n) is 1.40. The lowest BCUT2D eigenvalue weighted by atomic mass is 10.2. The van der Waals surface area contributed by atoms with Crippen molar-refractivity contribution in [3.8, 4) is 5.75 Å². The molecule has 1 aromatic carbocycles. The zero-order valence-electron chi connectivity index (χ0n) is 8.55. The fraction of sp³-hybridized carbons (Fsp3) is 0.250. The van der Waals surface area contributed by atoms with Crippen molar-refractivity contribution in [1.82, 2.24) is 4.98 Å². The van der Waals surface area contributed by atoms with Crippen LogP contribution in [0.1, 0.15) is 6.92 Å². The minimum Gasteiger partial charge on any atom is -0.489 e. The third-order valence-corrected chi connectivity index (χ3v) is 2.08. The molecule has 0 unspecified atom stereocenters. The highest BCUT2D eigenvalue weighted by Crippen LogP contribution is 2.22. The molecule has 78 valence electrons. The predicted octanol–water partition coefficient (Wildman–Crippen LogP) is 1.99. The predicted molar refractivity (Wildman–Crippen MR) is 58.9 cm³/mol. The minimum atomic E-state index is -0.469. The van der Waals surface area contributed by atoms with E-state index in [0.717, 1.165) is 10.9 Å². The van der Waals surface area contributed by atoms with Crippen molar-refractivity contribution >= 4 is 10.9 Å². The second kappa shape index (κ2) is 4.28. The Morgan fingerprint density at radius 1 is 1.33 bits per heavy atom. The van der Waals surface area contributed by atoms with Crippen molar-refractivity contribution in [1.29, 1.82) is 0 Å². The number of rotatable bonds is 3. The number of aliphatic hydroxyl groups excluding tert-OH is 1. The van der Waals surface area contributed by atoms with Crippen LogP contribution in [0, 0.1) is 0 Å². The van der Waals surface area contributed by atoms with Crippen molar-refractivity contribution in [3.63, 3.8) is 0 Å². The molecule has 0 aliphatic carbocycles. The number of nitrogens with zero attached hydrogens (tertiary/aromatic N) is 1. The van der Waals surface area contributed by atoms with E-state index in [2.05, 4.69) is 4.98 Å². The Balaban J connectivity index is 2.34. The maximum atomic E-state index is 9.14. The Bertz CT molecular complexity index is 449. The molecule has 1 heterocycles. The van der Waals surface area contributed by atoms with Gasteiger partial charge in [0.2, 0.25) is 0 Å². The summed E-state index contributed by atoms with van der Waals surface area (Å²) in [5.41, 5.74) is 0.834. The molecule has 0 radical (unpaired) electrons. The lowest BCUT2D eigenvalue weighted by Crippen LogP contribution is -2.12. The minimum absolute atomic E-state index is 0.287. The standard InChI is InChI=1S/C12H13NO2/c1-9(14)8-15-11-6-2-4-10-5-3-7-13-12(10)11/h2-7,9,14H,8H2,1H3/t9-/m0/s1. The Labute approximate surface area is 88.3 Å². The molecule has 0 aliphatic rings. The molecule has 2 aromatic rings. The number of aromatic nitrogens is 1. The number of hydrogen-bond acceptors (Lipinski definition) is 3. The van der Waals surface area contributed by atoms with Gasteiger partial charge >= 0.3 is 0 Å². The van der Waals surface area contributed by atoms with Crippen LogP contribution in [0.2, 0.25) is 0 Å². The molecule has 1 aromatic heterocycles. The molecule has 2 rings (SSSR count). The van der Waals surface area contributed by atoms with E-state index < -0.39 is 6.10 Å². The monoisotopic (exact) mass is 203 g/mol. The summed E-state index contributed by atoms with van der Waals surface area (Å²) in [6, 6.07) is 9.63. The first-order valence-corrected chi connectivity index (χ1v) is 4.92. The molecule has 0 fully saturated rings. The average Bonchev–Trinajstić information content (AvgIpc) is 2.26. The van der Waals surface area contributed by atoms with Gasteiger partial charge in [-0.05, 0) is 19.1 Å². The topological polar surface area (TPSA) is 42.4 Å². The van der Waals surface area contributed by atoms with Gasteiger partial charge in [-0.15, -0.1) is 0 Å². The van der Waals surface area contributed by atoms with Crippen LogP contribution in [0.15, 0.2) is 36.5 Å². The molecule has 0 amide bonds. The zero-order valence-corrected chi connectivity index (χ0v) is 8.55. The van der Waals surface area contributed by atoms with Gasteiger partial charge in [-0.3, -0.25) is 4.98 Å². The Morgan fingerprint density at radius 2 is 2.13 bits per heavy atom. The van der Waals surface area contributed by atoms with E-state index in [4.69, 9.17) is 9.84 Å². The van der Waals surface area contributed by atoms with Crippen LogP contribution < -0.4 is 4.74 Å². The van der Waals surface area contributed by atoms with Crippen LogP contribution in [0.25, 0.3) is 10.9 Å². The van der Waals surface area contributed by atoms with Crippen LogP contribution in [-0.2, 0) is 0 Å². The summed E-state index contributed by atoms with van der Waals surface area (Å²) in [7, 11) is 0. The van der Waals surface area contributed by atoms with Crippen LogP contribution in [0.4, 0.5) is 0 Å². The highest BCUT2D eigenvalue weighted by molar-refractivity contribution is 5.84. The van der Waals surface area contributed by atoms with Crippen molar-refractivity contribution in [2.45, 2.75) is 13.0 Å². The summed E-state index contributed by atoms with van der Waals surface area (Å²) in [5, 5.41) is 10.2. The largest absolute Gasteiger partial charge is 0.489 e. The number of para-hydroxylation sites is 1. The molecule has 15 heavy (non-hydrogen) atoms. The van der Waals surface area contributed by atoms with E-state index in [9.17, 15) is 0 Å². The van der Waals surface area contributed by atoms with Gasteiger partial charge in [-0.1, -0.05) is 18.2 Å². The van der Waals surface area contributed by atoms with Gasteiger partial charge in [-0.25, -0.2) is 0 Å². The van der Waals surface area contributed by atoms with Gasteiger partial charge in [0, 0.05) is 11.6 Å². The maximum Gasteiger partial charge on any atom is 0.145 e. The lowest BCUT2D eigenvalue weighted by molar-refractivity contribution is 0.123. The van der Waals surface area contributed by atoms with Crippen molar-refractivity contribution in [3.05, 3.63) is 36.5 Å². The molecule has 0 bridgehead atoms. The van der Waals surface area contributed by atoms with E-state index in [0.29, 0.717) is 5.75 Å². The molecule has 1 N–H and O–H groups in total. The summed E-state index contributed by atoms with van der Waals surface area (Å²) < 4.78 is 5.47. The van der Waals surface area contributed by atoms with Crippen LogP contribution in [-0.4, -0.2) is 22.8 Å². The maximum absolute atomic E-state index is 9.14. The SMILES string of the molecule is C[C@H](O)COc1cccc2cccnc12. The highest BCUT2D eigenvalue weighted by atomic mass is 16.5. The third-order valence-electron chi connectivity index (χ3n) is 2.08. The molecule has 0 spiro atoms. The molecule has 3 heteroatoms. The van der Waals surface area contributed by atoms with Gasteiger partial charge in [0.1, 0.15) is 17.9 Å². The summed E-state index contributed by atoms with van der Waals surface area (Å²) in [6.45, 7) is 1.98. The van der Waals surface area contributed by atoms with Gasteiger partial charge in [-0.2, -0.15) is 0 Å². The van der Waals surface area contributed by atoms with E-state index in [1.54, 1.807) is 13.1 Å². The Kier molecular flexibility index (Phi) is 2.83. The molecular weight excluding hydrogens is 190 g/mol. The quantitative estimate of drug-likeness (QED) is 0.829. The number of ether oxygens (including phenoxy) is 1. The first kappa shape index (κ1) is 9.93. The molecule has 0 aliphatic heterocycles. The van der Waals surface area contributed by atoms with Crippen molar-refractivity contribution in [2.24, 2.45) is 0 Å². The molecule has 0 saturated carbocycles. The van der Waals surface area contributed by atoms with Crippen LogP contribution in [0.3, 0.4) is 0 Å². The number of benzene rings is 1. The molecule has 1 atom stereocenters. The van der Waals surface area contributed by atoms with Gasteiger partial charge < -0.3 is 9.84 Å². The van der Waals surface area contributed by atoms with Crippen molar-refractivity contribution in [2.75, 3.05) is 6.61 Å². The van der Waals surface area contributed by atoms with Gasteiger partial charge in [0.15, 0.2) is 0 Å². The second-order valence-corrected chi connectivity index (χ2v) is 3.49. The average molecular weight is 203 g/mol. The van der Waals surface area contributed by atoms with Crippen LogP contribution in [0.5, 0.6) is 5.75 Å². The lowest BCUT2D eigenvalue weighted by Gasteiger charge is -2.09. The third kappa shape index (κ3) is 2.25. The van der Waals surface area contributed by atoms with E-state index >= 15 is 0 Å². The molecule has 3 nitrogen and oxygen atoms in total. The molecular formula is C12H13NO2. The number of fused-ring (bicyclic) bond motifs is 1.